The van der Waals surface area contributed by atoms with Crippen molar-refractivity contribution in [3.63, 3.8) is 0 Å². The monoisotopic (exact) mass is 377 g/mol. The molecule has 0 saturated heterocycles. The minimum absolute atomic E-state index is 0.0526. The number of pyridine rings is 1. The van der Waals surface area contributed by atoms with E-state index in [4.69, 9.17) is 19.9 Å². The first-order valence-electron chi connectivity index (χ1n) is 8.63. The zero-order valence-electron chi connectivity index (χ0n) is 15.5. The Bertz CT molecular complexity index is 973. The summed E-state index contributed by atoms with van der Waals surface area (Å²) in [7, 11) is 1.56. The largest absolute Gasteiger partial charge is 0.497 e. The number of methoxy groups -OCH3 is 1. The molecule has 0 saturated carbocycles. The Hall–Kier alpha value is -3.79. The van der Waals surface area contributed by atoms with Gasteiger partial charge in [-0.05, 0) is 48.9 Å². The van der Waals surface area contributed by atoms with Crippen LogP contribution in [0.25, 0.3) is 5.76 Å². The standard InChI is InChI=1S/C21H19N3O4/c1-3-27-21(25)18-17(13-8-10-24-11-9-13)16(12-22)20(23)28-19(18)14-4-6-15(26-2)7-5-14/h4-11,17H,3,23H2,1-2H3. The number of carbonyl (C=O) groups is 1. The second kappa shape index (κ2) is 8.27. The number of ether oxygens (including phenoxy) is 3. The van der Waals surface area contributed by atoms with Crippen molar-refractivity contribution in [2.45, 2.75) is 12.8 Å². The fraction of sp³-hybridized carbons (Fsp3) is 0.190. The zero-order valence-corrected chi connectivity index (χ0v) is 15.5. The van der Waals surface area contributed by atoms with E-state index in [2.05, 4.69) is 11.1 Å². The molecule has 3 rings (SSSR count). The van der Waals surface area contributed by atoms with Crippen LogP contribution in [-0.2, 0) is 14.3 Å². The molecule has 1 aliphatic heterocycles. The van der Waals surface area contributed by atoms with Crippen LogP contribution in [0.4, 0.5) is 0 Å². The lowest BCUT2D eigenvalue weighted by atomic mass is 9.82. The molecule has 142 valence electrons. The molecular formula is C21H19N3O4. The number of allylic oxidation sites excluding steroid dienone is 1. The van der Waals surface area contributed by atoms with Crippen molar-refractivity contribution in [2.24, 2.45) is 5.73 Å². The van der Waals surface area contributed by atoms with E-state index in [9.17, 15) is 10.1 Å². The van der Waals surface area contributed by atoms with E-state index in [0.29, 0.717) is 16.9 Å². The minimum Gasteiger partial charge on any atom is -0.497 e. The van der Waals surface area contributed by atoms with Gasteiger partial charge >= 0.3 is 5.97 Å². The number of hydrogen-bond acceptors (Lipinski definition) is 7. The number of nitrogens with two attached hydrogens (primary N) is 1. The maximum Gasteiger partial charge on any atom is 0.338 e. The highest BCUT2D eigenvalue weighted by molar-refractivity contribution is 5.99. The highest BCUT2D eigenvalue weighted by atomic mass is 16.5. The average molecular weight is 377 g/mol. The van der Waals surface area contributed by atoms with Crippen LogP contribution in [0.3, 0.4) is 0 Å². The predicted octanol–water partition coefficient (Wildman–Crippen LogP) is 2.87. The van der Waals surface area contributed by atoms with Gasteiger partial charge in [0.05, 0.1) is 25.2 Å². The minimum atomic E-state index is -0.724. The number of hydrogen-bond donors (Lipinski definition) is 1. The molecule has 1 aliphatic rings. The molecule has 1 aromatic carbocycles. The van der Waals surface area contributed by atoms with E-state index in [1.165, 1.54) is 0 Å². The fourth-order valence-corrected chi connectivity index (χ4v) is 3.02. The van der Waals surface area contributed by atoms with Gasteiger partial charge in [-0.1, -0.05) is 0 Å². The summed E-state index contributed by atoms with van der Waals surface area (Å²) in [5.41, 5.74) is 7.70. The fourth-order valence-electron chi connectivity index (χ4n) is 3.02. The highest BCUT2D eigenvalue weighted by Crippen LogP contribution is 2.42. The van der Waals surface area contributed by atoms with Gasteiger partial charge < -0.3 is 19.9 Å². The van der Waals surface area contributed by atoms with Crippen molar-refractivity contribution in [3.8, 4) is 11.8 Å². The van der Waals surface area contributed by atoms with Gasteiger partial charge in [-0.25, -0.2) is 4.79 Å². The summed E-state index contributed by atoms with van der Waals surface area (Å²) in [5, 5.41) is 9.67. The molecule has 1 atom stereocenters. The maximum absolute atomic E-state index is 12.9. The van der Waals surface area contributed by atoms with Crippen LogP contribution in [0, 0.1) is 11.3 Å². The Balaban J connectivity index is 2.24. The molecule has 1 unspecified atom stereocenters. The molecule has 0 amide bonds. The molecule has 7 nitrogen and oxygen atoms in total. The lowest BCUT2D eigenvalue weighted by molar-refractivity contribution is -0.138. The molecule has 0 bridgehead atoms. The first-order valence-corrected chi connectivity index (χ1v) is 8.63. The Labute approximate surface area is 162 Å². The van der Waals surface area contributed by atoms with Crippen LogP contribution in [0.15, 0.2) is 65.8 Å². The van der Waals surface area contributed by atoms with Gasteiger partial charge in [0.25, 0.3) is 0 Å². The third-order valence-corrected chi connectivity index (χ3v) is 4.31. The van der Waals surface area contributed by atoms with Gasteiger partial charge in [0.2, 0.25) is 5.88 Å². The number of nitrogens with zero attached hydrogens (tertiary/aromatic N) is 2. The van der Waals surface area contributed by atoms with Gasteiger partial charge in [-0.2, -0.15) is 5.26 Å². The first kappa shape index (κ1) is 19.0. The van der Waals surface area contributed by atoms with Crippen LogP contribution < -0.4 is 10.5 Å². The van der Waals surface area contributed by atoms with E-state index in [-0.39, 0.29) is 29.4 Å². The molecular weight excluding hydrogens is 358 g/mol. The van der Waals surface area contributed by atoms with Crippen LogP contribution in [-0.4, -0.2) is 24.7 Å². The first-order chi connectivity index (χ1) is 13.6. The van der Waals surface area contributed by atoms with Crippen molar-refractivity contribution in [2.75, 3.05) is 13.7 Å². The topological polar surface area (TPSA) is 107 Å². The molecule has 2 heterocycles. The molecule has 28 heavy (non-hydrogen) atoms. The molecule has 0 spiro atoms. The molecule has 1 aromatic heterocycles. The van der Waals surface area contributed by atoms with E-state index in [1.54, 1.807) is 62.8 Å². The number of benzene rings is 1. The smallest absolute Gasteiger partial charge is 0.338 e. The summed E-state index contributed by atoms with van der Waals surface area (Å²) in [5.74, 6) is -0.444. The van der Waals surface area contributed by atoms with Crippen LogP contribution in [0.2, 0.25) is 0 Å². The molecule has 2 aromatic rings. The Kier molecular flexibility index (Phi) is 5.61. The number of rotatable bonds is 5. The van der Waals surface area contributed by atoms with E-state index >= 15 is 0 Å². The van der Waals surface area contributed by atoms with Crippen molar-refractivity contribution < 1.29 is 19.0 Å². The summed E-state index contributed by atoms with van der Waals surface area (Å²) >= 11 is 0. The van der Waals surface area contributed by atoms with Gasteiger partial charge in [-0.3, -0.25) is 4.98 Å². The van der Waals surface area contributed by atoms with Crippen molar-refractivity contribution >= 4 is 11.7 Å². The number of carbonyl (C=O) groups excluding carboxylic acids is 1. The van der Waals surface area contributed by atoms with Gasteiger partial charge in [0, 0.05) is 18.0 Å². The second-order valence-corrected chi connectivity index (χ2v) is 5.90. The number of esters is 1. The molecule has 7 heteroatoms. The Morgan fingerprint density at radius 1 is 1.25 bits per heavy atom. The highest BCUT2D eigenvalue weighted by Gasteiger charge is 2.38. The van der Waals surface area contributed by atoms with Crippen molar-refractivity contribution in [1.29, 1.82) is 5.26 Å². The third kappa shape index (κ3) is 3.53. The lowest BCUT2D eigenvalue weighted by Gasteiger charge is -2.28. The number of nitriles is 1. The second-order valence-electron chi connectivity index (χ2n) is 5.90. The molecule has 0 radical (unpaired) electrons. The van der Waals surface area contributed by atoms with Crippen LogP contribution in [0.1, 0.15) is 24.0 Å². The SMILES string of the molecule is CCOC(=O)C1=C(c2ccc(OC)cc2)OC(N)=C(C#N)C1c1ccncc1. The van der Waals surface area contributed by atoms with E-state index in [0.717, 1.165) is 0 Å². The molecule has 2 N–H and O–H groups in total. The van der Waals surface area contributed by atoms with Gasteiger partial charge in [-0.15, -0.1) is 0 Å². The summed E-state index contributed by atoms with van der Waals surface area (Å²) < 4.78 is 16.2. The molecule has 0 aliphatic carbocycles. The number of aromatic nitrogens is 1. The van der Waals surface area contributed by atoms with Crippen molar-refractivity contribution in [1.82, 2.24) is 4.98 Å². The van der Waals surface area contributed by atoms with Crippen molar-refractivity contribution in [3.05, 3.63) is 76.9 Å². The van der Waals surface area contributed by atoms with Crippen LogP contribution >= 0.6 is 0 Å². The normalized spacial score (nSPS) is 16.2. The third-order valence-electron chi connectivity index (χ3n) is 4.31. The van der Waals surface area contributed by atoms with Gasteiger partial charge in [0.1, 0.15) is 23.2 Å². The van der Waals surface area contributed by atoms with Crippen LogP contribution in [0.5, 0.6) is 5.75 Å². The molecule has 0 fully saturated rings. The Morgan fingerprint density at radius 2 is 1.93 bits per heavy atom. The average Bonchev–Trinajstić information content (AvgIpc) is 2.73. The van der Waals surface area contributed by atoms with E-state index in [1.807, 2.05) is 0 Å². The predicted molar refractivity (Wildman–Crippen MR) is 101 cm³/mol. The lowest BCUT2D eigenvalue weighted by Crippen LogP contribution is -2.25. The van der Waals surface area contributed by atoms with E-state index < -0.39 is 11.9 Å². The van der Waals surface area contributed by atoms with Gasteiger partial charge in [0.15, 0.2) is 0 Å². The summed E-state index contributed by atoms with van der Waals surface area (Å²) in [6.45, 7) is 1.90. The Morgan fingerprint density at radius 3 is 2.50 bits per heavy atom. The summed E-state index contributed by atoms with van der Waals surface area (Å²) in [6.07, 6.45) is 3.18. The zero-order chi connectivity index (χ0) is 20.1. The summed E-state index contributed by atoms with van der Waals surface area (Å²) in [6, 6.07) is 12.5. The maximum atomic E-state index is 12.9. The quantitative estimate of drug-likeness (QED) is 0.798. The summed E-state index contributed by atoms with van der Waals surface area (Å²) in [4.78, 5) is 16.9.